The van der Waals surface area contributed by atoms with Crippen LogP contribution >= 0.6 is 11.6 Å². The van der Waals surface area contributed by atoms with Crippen LogP contribution in [0.4, 0.5) is 11.5 Å². The predicted molar refractivity (Wildman–Crippen MR) is 88.3 cm³/mol. The van der Waals surface area contributed by atoms with Gasteiger partial charge in [-0.25, -0.2) is 4.98 Å². The van der Waals surface area contributed by atoms with Crippen LogP contribution in [0.15, 0.2) is 6.20 Å². The molecule has 0 bridgehead atoms. The van der Waals surface area contributed by atoms with E-state index < -0.39 is 0 Å². The highest BCUT2D eigenvalue weighted by atomic mass is 35.5. The molecule has 22 heavy (non-hydrogen) atoms. The number of carbonyl (C=O) groups is 1. The van der Waals surface area contributed by atoms with E-state index in [1.807, 2.05) is 0 Å². The van der Waals surface area contributed by atoms with E-state index in [2.05, 4.69) is 34.0 Å². The highest BCUT2D eigenvalue weighted by molar-refractivity contribution is 6.28. The van der Waals surface area contributed by atoms with Gasteiger partial charge >= 0.3 is 0 Å². The molecule has 1 saturated carbocycles. The monoisotopic (exact) mass is 322 g/mol. The minimum atomic E-state index is -0.379. The van der Waals surface area contributed by atoms with E-state index in [4.69, 9.17) is 11.6 Å². The summed E-state index contributed by atoms with van der Waals surface area (Å²) in [4.78, 5) is 23.6. The average Bonchev–Trinajstić information content (AvgIpc) is 3.01. The Hall–Kier alpha value is -1.36. The van der Waals surface area contributed by atoms with Crippen molar-refractivity contribution in [3.8, 4) is 0 Å². The molecule has 1 aliphatic carbocycles. The highest BCUT2D eigenvalue weighted by Crippen LogP contribution is 2.40. The van der Waals surface area contributed by atoms with Crippen molar-refractivity contribution >= 4 is 29.0 Å². The van der Waals surface area contributed by atoms with Gasteiger partial charge in [-0.3, -0.25) is 4.79 Å². The Morgan fingerprint density at radius 2 is 2.05 bits per heavy atom. The quantitative estimate of drug-likeness (QED) is 0.863. The van der Waals surface area contributed by atoms with E-state index >= 15 is 0 Å². The third kappa shape index (κ3) is 2.56. The molecule has 0 saturated heterocycles. The summed E-state index contributed by atoms with van der Waals surface area (Å²) in [5.41, 5.74) is 0.306. The summed E-state index contributed by atoms with van der Waals surface area (Å²) >= 11 is 6.02. The van der Waals surface area contributed by atoms with Gasteiger partial charge in [0.25, 0.3) is 0 Å². The molecule has 120 valence electrons. The molecule has 1 N–H and O–H groups in total. The molecule has 1 aromatic heterocycles. The van der Waals surface area contributed by atoms with Crippen LogP contribution in [-0.4, -0.2) is 28.5 Å². The van der Waals surface area contributed by atoms with Crippen LogP contribution in [0.1, 0.15) is 52.4 Å². The van der Waals surface area contributed by atoms with Crippen LogP contribution in [0.25, 0.3) is 0 Å². The van der Waals surface area contributed by atoms with Crippen LogP contribution < -0.4 is 10.2 Å². The second kappa shape index (κ2) is 6.03. The van der Waals surface area contributed by atoms with E-state index in [1.165, 1.54) is 12.8 Å². The van der Waals surface area contributed by atoms with Crippen molar-refractivity contribution < 1.29 is 4.79 Å². The molecule has 1 aromatic rings. The second-order valence-corrected chi connectivity index (χ2v) is 6.72. The van der Waals surface area contributed by atoms with Gasteiger partial charge in [0.1, 0.15) is 5.69 Å². The van der Waals surface area contributed by atoms with Crippen molar-refractivity contribution in [2.24, 2.45) is 5.41 Å². The summed E-state index contributed by atoms with van der Waals surface area (Å²) in [6.45, 7) is 4.88. The molecule has 0 spiro atoms. The molecule has 2 heterocycles. The number of amides is 1. The lowest BCUT2D eigenvalue weighted by Crippen LogP contribution is -2.46. The van der Waals surface area contributed by atoms with Crippen LogP contribution in [0.3, 0.4) is 0 Å². The summed E-state index contributed by atoms with van der Waals surface area (Å²) in [7, 11) is 0. The topological polar surface area (TPSA) is 58.1 Å². The number of nitrogens with one attached hydrogen (secondary N) is 1. The fourth-order valence-corrected chi connectivity index (χ4v) is 3.83. The van der Waals surface area contributed by atoms with E-state index in [0.717, 1.165) is 31.5 Å². The molecule has 1 fully saturated rings. The number of hydrogen-bond donors (Lipinski definition) is 1. The molecule has 2 aliphatic rings. The van der Waals surface area contributed by atoms with Crippen LogP contribution in [0.5, 0.6) is 0 Å². The highest BCUT2D eigenvalue weighted by Gasteiger charge is 2.42. The Labute approximate surface area is 136 Å². The van der Waals surface area contributed by atoms with Crippen molar-refractivity contribution in [3.63, 3.8) is 0 Å². The van der Waals surface area contributed by atoms with Gasteiger partial charge in [-0.05, 0) is 37.3 Å². The smallest absolute Gasteiger partial charge is 0.232 e. The zero-order valence-corrected chi connectivity index (χ0v) is 14.0. The number of halogens is 1. The third-order valence-electron chi connectivity index (χ3n) is 5.33. The van der Waals surface area contributed by atoms with Crippen molar-refractivity contribution in [1.29, 1.82) is 0 Å². The molecular weight excluding hydrogens is 300 g/mol. The molecule has 0 aromatic carbocycles. The molecule has 5 nitrogen and oxygen atoms in total. The van der Waals surface area contributed by atoms with Gasteiger partial charge in [0.15, 0.2) is 5.82 Å². The fourth-order valence-electron chi connectivity index (χ4n) is 3.70. The third-order valence-corrected chi connectivity index (χ3v) is 5.52. The van der Waals surface area contributed by atoms with Crippen molar-refractivity contribution in [3.05, 3.63) is 11.5 Å². The number of anilines is 2. The van der Waals surface area contributed by atoms with Crippen LogP contribution in [0, 0.1) is 5.41 Å². The molecule has 3 rings (SSSR count). The van der Waals surface area contributed by atoms with Crippen LogP contribution in [-0.2, 0) is 4.79 Å². The number of hydrogen-bond acceptors (Lipinski definition) is 4. The fraction of sp³-hybridized carbons (Fsp3) is 0.688. The van der Waals surface area contributed by atoms with Crippen LogP contribution in [0.2, 0.25) is 5.28 Å². The number of fused-ring (bicyclic) bond motifs is 1. The Morgan fingerprint density at radius 1 is 1.36 bits per heavy atom. The first-order chi connectivity index (χ1) is 10.6. The minimum Gasteiger partial charge on any atom is -0.351 e. The minimum absolute atomic E-state index is 0.0742. The molecule has 1 amide bonds. The number of nitrogens with zero attached hydrogens (tertiary/aromatic N) is 3. The first-order valence-electron chi connectivity index (χ1n) is 8.20. The largest absolute Gasteiger partial charge is 0.351 e. The molecule has 6 heteroatoms. The Bertz CT molecular complexity index is 567. The zero-order valence-electron chi connectivity index (χ0n) is 13.2. The predicted octanol–water partition coefficient (Wildman–Crippen LogP) is 3.64. The van der Waals surface area contributed by atoms with Crippen molar-refractivity contribution in [2.45, 2.75) is 58.4 Å². The maximum atomic E-state index is 12.8. The Morgan fingerprint density at radius 3 is 2.68 bits per heavy atom. The summed E-state index contributed by atoms with van der Waals surface area (Å²) in [5, 5.41) is 3.26. The van der Waals surface area contributed by atoms with Crippen molar-refractivity contribution in [2.75, 3.05) is 16.8 Å². The summed E-state index contributed by atoms with van der Waals surface area (Å²) in [5.74, 6) is 0.856. The van der Waals surface area contributed by atoms with Gasteiger partial charge in [0.05, 0.1) is 11.6 Å². The molecule has 0 radical (unpaired) electrons. The van der Waals surface area contributed by atoms with Gasteiger partial charge in [-0.1, -0.05) is 26.7 Å². The lowest BCUT2D eigenvalue weighted by Gasteiger charge is -2.36. The number of aromatic nitrogens is 2. The standard InChI is InChI=1S/C16H23ClN4O/c1-3-16(4-2)10-21(11-7-5-6-8-11)13-12(19-14(16)22)9-18-15(17)20-13/h9,11H,3-8,10H2,1-2H3,(H,19,22). The summed E-state index contributed by atoms with van der Waals surface area (Å²) < 4.78 is 0. The Kier molecular flexibility index (Phi) is 4.26. The first-order valence-corrected chi connectivity index (χ1v) is 8.58. The second-order valence-electron chi connectivity index (χ2n) is 6.38. The van der Waals surface area contributed by atoms with Gasteiger partial charge in [0, 0.05) is 12.6 Å². The number of carbonyl (C=O) groups excluding carboxylic acids is 1. The lowest BCUT2D eigenvalue weighted by molar-refractivity contribution is -0.125. The normalized spacial score (nSPS) is 21.4. The molecule has 1 aliphatic heterocycles. The Balaban J connectivity index is 2.07. The van der Waals surface area contributed by atoms with Gasteiger partial charge in [0.2, 0.25) is 11.2 Å². The molecule has 0 unspecified atom stereocenters. The number of rotatable bonds is 3. The van der Waals surface area contributed by atoms with E-state index in [-0.39, 0.29) is 16.6 Å². The maximum absolute atomic E-state index is 12.8. The zero-order chi connectivity index (χ0) is 15.7. The average molecular weight is 323 g/mol. The van der Waals surface area contributed by atoms with E-state index in [9.17, 15) is 4.79 Å². The van der Waals surface area contributed by atoms with Gasteiger partial charge < -0.3 is 10.2 Å². The molecular formula is C16H23ClN4O. The lowest BCUT2D eigenvalue weighted by atomic mass is 9.80. The summed E-state index contributed by atoms with van der Waals surface area (Å²) in [6, 6.07) is 0.440. The van der Waals surface area contributed by atoms with Gasteiger partial charge in [-0.15, -0.1) is 0 Å². The van der Waals surface area contributed by atoms with Crippen molar-refractivity contribution in [1.82, 2.24) is 9.97 Å². The van der Waals surface area contributed by atoms with E-state index in [1.54, 1.807) is 6.20 Å². The SMILES string of the molecule is CCC1(CC)CN(C2CCCC2)c2nc(Cl)ncc2NC1=O. The van der Waals surface area contributed by atoms with E-state index in [0.29, 0.717) is 18.3 Å². The first kappa shape index (κ1) is 15.5. The molecule has 0 atom stereocenters. The maximum Gasteiger partial charge on any atom is 0.232 e. The summed E-state index contributed by atoms with van der Waals surface area (Å²) in [6.07, 6.45) is 8.04. The van der Waals surface area contributed by atoms with Gasteiger partial charge in [-0.2, -0.15) is 4.98 Å².